The second-order valence-corrected chi connectivity index (χ2v) is 3.12. The van der Waals surface area contributed by atoms with Crippen LogP contribution in [-0.4, -0.2) is 7.11 Å². The third-order valence-electron chi connectivity index (χ3n) is 2.20. The van der Waals surface area contributed by atoms with Crippen LogP contribution in [0.1, 0.15) is 24.9 Å². The molecule has 0 aromatic heterocycles. The summed E-state index contributed by atoms with van der Waals surface area (Å²) >= 11 is 0. The molecule has 3 nitrogen and oxygen atoms in total. The van der Waals surface area contributed by atoms with Gasteiger partial charge in [-0.1, -0.05) is 12.1 Å². The number of benzene rings is 1. The fraction of sp³-hybridized carbons (Fsp3) is 0.333. The van der Waals surface area contributed by atoms with Crippen molar-refractivity contribution in [1.29, 1.82) is 0 Å². The molecule has 0 amide bonds. The number of ether oxygens (including phenoxy) is 1. The molecule has 0 radical (unpaired) electrons. The van der Waals surface area contributed by atoms with Gasteiger partial charge in [0.15, 0.2) is 0 Å². The quantitative estimate of drug-likeness (QED) is 0.445. The second-order valence-electron chi connectivity index (χ2n) is 3.12. The van der Waals surface area contributed by atoms with E-state index in [1.807, 2.05) is 31.2 Å². The number of methoxy groups -OCH3 is 1. The van der Waals surface area contributed by atoms with Gasteiger partial charge in [-0.2, -0.15) is 0 Å². The van der Waals surface area contributed by atoms with Gasteiger partial charge in [-0.15, -0.1) is 11.8 Å². The van der Waals surface area contributed by atoms with E-state index in [-0.39, 0.29) is 6.04 Å². The molecule has 3 heteroatoms. The molecule has 0 bridgehead atoms. The zero-order chi connectivity index (χ0) is 11.1. The average molecular weight is 204 g/mol. The SMILES string of the molecule is CC#CCC(NN)c1ccc(OC)cc1. The van der Waals surface area contributed by atoms with Gasteiger partial charge in [0, 0.05) is 6.42 Å². The summed E-state index contributed by atoms with van der Waals surface area (Å²) in [5.41, 5.74) is 3.86. The van der Waals surface area contributed by atoms with Crippen LogP contribution in [0, 0.1) is 11.8 Å². The molecule has 1 aromatic rings. The number of rotatable bonds is 4. The number of hydrogen-bond donors (Lipinski definition) is 2. The molecular weight excluding hydrogens is 188 g/mol. The Morgan fingerprint density at radius 2 is 2.07 bits per heavy atom. The maximum Gasteiger partial charge on any atom is 0.118 e. The van der Waals surface area contributed by atoms with Gasteiger partial charge in [-0.05, 0) is 24.6 Å². The van der Waals surface area contributed by atoms with Gasteiger partial charge in [-0.3, -0.25) is 11.3 Å². The molecule has 1 rings (SSSR count). The molecule has 80 valence electrons. The first-order valence-electron chi connectivity index (χ1n) is 4.81. The summed E-state index contributed by atoms with van der Waals surface area (Å²) in [4.78, 5) is 0. The molecule has 1 aromatic carbocycles. The summed E-state index contributed by atoms with van der Waals surface area (Å²) in [5.74, 6) is 12.2. The fourth-order valence-corrected chi connectivity index (χ4v) is 1.31. The Labute approximate surface area is 90.6 Å². The van der Waals surface area contributed by atoms with E-state index in [4.69, 9.17) is 10.6 Å². The van der Waals surface area contributed by atoms with E-state index in [2.05, 4.69) is 17.3 Å². The summed E-state index contributed by atoms with van der Waals surface area (Å²) in [6.45, 7) is 1.82. The van der Waals surface area contributed by atoms with E-state index >= 15 is 0 Å². The van der Waals surface area contributed by atoms with Crippen LogP contribution in [0.4, 0.5) is 0 Å². The minimum absolute atomic E-state index is 0.0726. The molecule has 0 aliphatic heterocycles. The molecule has 1 atom stereocenters. The molecule has 0 fully saturated rings. The first kappa shape index (κ1) is 11.6. The van der Waals surface area contributed by atoms with E-state index < -0.39 is 0 Å². The van der Waals surface area contributed by atoms with Crippen LogP contribution in [0.2, 0.25) is 0 Å². The van der Waals surface area contributed by atoms with Gasteiger partial charge >= 0.3 is 0 Å². The lowest BCUT2D eigenvalue weighted by Crippen LogP contribution is -2.27. The summed E-state index contributed by atoms with van der Waals surface area (Å²) in [5, 5.41) is 0. The average Bonchev–Trinajstić information content (AvgIpc) is 2.31. The standard InChI is InChI=1S/C12H16N2O/c1-3-4-5-12(14-13)10-6-8-11(15-2)9-7-10/h6-9,12,14H,5,13H2,1-2H3. The van der Waals surface area contributed by atoms with Crippen LogP contribution in [0.3, 0.4) is 0 Å². The van der Waals surface area contributed by atoms with Crippen molar-refractivity contribution in [3.05, 3.63) is 29.8 Å². The zero-order valence-corrected chi connectivity index (χ0v) is 9.08. The van der Waals surface area contributed by atoms with Gasteiger partial charge in [0.05, 0.1) is 13.2 Å². The topological polar surface area (TPSA) is 47.3 Å². The van der Waals surface area contributed by atoms with E-state index in [0.717, 1.165) is 11.3 Å². The molecule has 0 saturated heterocycles. The second kappa shape index (κ2) is 6.07. The lowest BCUT2D eigenvalue weighted by Gasteiger charge is -2.13. The maximum atomic E-state index is 5.47. The number of nitrogens with two attached hydrogens (primary N) is 1. The predicted octanol–water partition coefficient (Wildman–Crippen LogP) is 1.61. The highest BCUT2D eigenvalue weighted by Crippen LogP contribution is 2.18. The van der Waals surface area contributed by atoms with Crippen molar-refractivity contribution in [2.24, 2.45) is 5.84 Å². The number of nitrogens with one attached hydrogen (secondary N) is 1. The number of hydrazine groups is 1. The van der Waals surface area contributed by atoms with Crippen LogP contribution in [-0.2, 0) is 0 Å². The van der Waals surface area contributed by atoms with E-state index in [9.17, 15) is 0 Å². The van der Waals surface area contributed by atoms with Gasteiger partial charge in [0.25, 0.3) is 0 Å². The molecule has 0 aliphatic carbocycles. The molecule has 15 heavy (non-hydrogen) atoms. The van der Waals surface area contributed by atoms with E-state index in [1.165, 1.54) is 0 Å². The monoisotopic (exact) mass is 204 g/mol. The summed E-state index contributed by atoms with van der Waals surface area (Å²) in [6.07, 6.45) is 0.708. The molecule has 0 heterocycles. The van der Waals surface area contributed by atoms with Crippen molar-refractivity contribution in [3.8, 4) is 17.6 Å². The highest BCUT2D eigenvalue weighted by molar-refractivity contribution is 5.29. The zero-order valence-electron chi connectivity index (χ0n) is 9.08. The van der Waals surface area contributed by atoms with Gasteiger partial charge in [-0.25, -0.2) is 0 Å². The van der Waals surface area contributed by atoms with Crippen molar-refractivity contribution in [2.45, 2.75) is 19.4 Å². The Kier molecular flexibility index (Phi) is 4.69. The minimum atomic E-state index is 0.0726. The van der Waals surface area contributed by atoms with Gasteiger partial charge < -0.3 is 4.74 Å². The lowest BCUT2D eigenvalue weighted by molar-refractivity contribution is 0.414. The molecule has 1 unspecified atom stereocenters. The Morgan fingerprint density at radius 3 is 2.53 bits per heavy atom. The first-order valence-corrected chi connectivity index (χ1v) is 4.81. The molecule has 0 spiro atoms. The first-order chi connectivity index (χ1) is 7.31. The molecule has 0 saturated carbocycles. The Hall–Kier alpha value is -1.50. The lowest BCUT2D eigenvalue weighted by atomic mass is 10.0. The Balaban J connectivity index is 2.76. The molecular formula is C12H16N2O. The van der Waals surface area contributed by atoms with Crippen molar-refractivity contribution in [1.82, 2.24) is 5.43 Å². The van der Waals surface area contributed by atoms with E-state index in [0.29, 0.717) is 6.42 Å². The third kappa shape index (κ3) is 3.28. The van der Waals surface area contributed by atoms with Crippen LogP contribution in [0.15, 0.2) is 24.3 Å². The van der Waals surface area contributed by atoms with E-state index in [1.54, 1.807) is 7.11 Å². The minimum Gasteiger partial charge on any atom is -0.497 e. The molecule has 3 N–H and O–H groups in total. The fourth-order valence-electron chi connectivity index (χ4n) is 1.31. The highest BCUT2D eigenvalue weighted by atomic mass is 16.5. The third-order valence-corrected chi connectivity index (χ3v) is 2.20. The summed E-state index contributed by atoms with van der Waals surface area (Å²) in [6, 6.07) is 7.88. The largest absolute Gasteiger partial charge is 0.497 e. The van der Waals surface area contributed by atoms with Crippen LogP contribution in [0.25, 0.3) is 0 Å². The van der Waals surface area contributed by atoms with Crippen LogP contribution >= 0.6 is 0 Å². The normalized spacial score (nSPS) is 11.4. The van der Waals surface area contributed by atoms with Crippen LogP contribution < -0.4 is 16.0 Å². The van der Waals surface area contributed by atoms with Crippen molar-refractivity contribution >= 4 is 0 Å². The maximum absolute atomic E-state index is 5.47. The van der Waals surface area contributed by atoms with Crippen molar-refractivity contribution < 1.29 is 4.74 Å². The Morgan fingerprint density at radius 1 is 1.40 bits per heavy atom. The smallest absolute Gasteiger partial charge is 0.118 e. The predicted molar refractivity (Wildman–Crippen MR) is 61.1 cm³/mol. The number of hydrogen-bond acceptors (Lipinski definition) is 3. The summed E-state index contributed by atoms with van der Waals surface area (Å²) in [7, 11) is 1.65. The highest BCUT2D eigenvalue weighted by Gasteiger charge is 2.07. The van der Waals surface area contributed by atoms with Crippen LogP contribution in [0.5, 0.6) is 5.75 Å². The summed E-state index contributed by atoms with van der Waals surface area (Å²) < 4.78 is 5.08. The van der Waals surface area contributed by atoms with Crippen molar-refractivity contribution in [2.75, 3.05) is 7.11 Å². The van der Waals surface area contributed by atoms with Crippen molar-refractivity contribution in [3.63, 3.8) is 0 Å². The van der Waals surface area contributed by atoms with Gasteiger partial charge in [0.2, 0.25) is 0 Å². The molecule has 0 aliphatic rings. The Bertz CT molecular complexity index is 348. The van der Waals surface area contributed by atoms with Gasteiger partial charge in [0.1, 0.15) is 5.75 Å².